The third-order valence-electron chi connectivity index (χ3n) is 1.47. The van der Waals surface area contributed by atoms with Crippen LogP contribution in [-0.2, 0) is 4.79 Å². The van der Waals surface area contributed by atoms with Crippen LogP contribution in [0.1, 0.15) is 19.3 Å². The maximum absolute atomic E-state index is 10.1. The van der Waals surface area contributed by atoms with Gasteiger partial charge in [-0.05, 0) is 12.8 Å². The minimum absolute atomic E-state index is 0.809. The largest absolute Gasteiger partial charge is 0.327 e. The summed E-state index contributed by atoms with van der Waals surface area (Å²) in [5, 5.41) is 1.49. The molecule has 0 spiro atoms. The zero-order chi connectivity index (χ0) is 6.53. The molecule has 0 aromatic heterocycles. The molecule has 1 heterocycles. The van der Waals surface area contributed by atoms with E-state index in [1.165, 1.54) is 11.4 Å². The molecule has 1 rings (SSSR count). The van der Waals surface area contributed by atoms with Crippen LogP contribution in [0.25, 0.3) is 0 Å². The molecule has 3 heteroatoms. The van der Waals surface area contributed by atoms with Crippen LogP contribution >= 0.6 is 0 Å². The van der Waals surface area contributed by atoms with Gasteiger partial charge in [0.1, 0.15) is 0 Å². The molecular weight excluding hydrogens is 116 g/mol. The highest BCUT2D eigenvalue weighted by Crippen LogP contribution is 1.99. The number of amides is 1. The number of nitrogens with zero attached hydrogens (tertiary/aromatic N) is 1. The Bertz CT molecular complexity index is 87.1. The number of hydrogen-bond acceptors (Lipinski definition) is 2. The summed E-state index contributed by atoms with van der Waals surface area (Å²) in [4.78, 5) is 10.1. The second-order valence-corrected chi connectivity index (χ2v) is 2.21. The quantitative estimate of drug-likeness (QED) is 0.539. The summed E-state index contributed by atoms with van der Waals surface area (Å²) in [6, 6.07) is 0. The van der Waals surface area contributed by atoms with Crippen LogP contribution < -0.4 is 5.43 Å². The Morgan fingerprint density at radius 1 is 1.33 bits per heavy atom. The van der Waals surface area contributed by atoms with Gasteiger partial charge in [-0.15, -0.1) is 0 Å². The molecule has 0 aromatic carbocycles. The van der Waals surface area contributed by atoms with E-state index in [-0.39, 0.29) is 0 Å². The van der Waals surface area contributed by atoms with Crippen molar-refractivity contribution >= 4 is 6.41 Å². The topological polar surface area (TPSA) is 32.3 Å². The first kappa shape index (κ1) is 6.55. The zero-order valence-electron chi connectivity index (χ0n) is 5.39. The second kappa shape index (κ2) is 3.45. The van der Waals surface area contributed by atoms with Gasteiger partial charge in [-0.1, -0.05) is 6.42 Å². The third-order valence-corrected chi connectivity index (χ3v) is 1.47. The molecule has 1 fully saturated rings. The van der Waals surface area contributed by atoms with E-state index in [0.29, 0.717) is 0 Å². The molecule has 0 aromatic rings. The van der Waals surface area contributed by atoms with Crippen molar-refractivity contribution in [2.45, 2.75) is 19.3 Å². The van der Waals surface area contributed by atoms with Crippen LogP contribution in [0, 0.1) is 0 Å². The lowest BCUT2D eigenvalue weighted by Crippen LogP contribution is -2.36. The van der Waals surface area contributed by atoms with Crippen molar-refractivity contribution in [1.82, 2.24) is 10.4 Å². The molecule has 9 heavy (non-hydrogen) atoms. The van der Waals surface area contributed by atoms with Crippen LogP contribution in [0.5, 0.6) is 0 Å². The standard InChI is InChI=1S/C6H11N2O/c9-6-8-5-3-1-2-4-7-8/h7H,1-5H2. The minimum atomic E-state index is 0.809. The predicted octanol–water partition coefficient (Wildman–Crippen LogP) is 0.0441. The van der Waals surface area contributed by atoms with Crippen LogP contribution in [-0.4, -0.2) is 24.5 Å². The predicted molar refractivity (Wildman–Crippen MR) is 34.3 cm³/mol. The van der Waals surface area contributed by atoms with Crippen molar-refractivity contribution in [2.75, 3.05) is 13.1 Å². The van der Waals surface area contributed by atoms with E-state index in [1.54, 1.807) is 0 Å². The van der Waals surface area contributed by atoms with Gasteiger partial charge >= 0.3 is 6.41 Å². The Labute approximate surface area is 55.0 Å². The van der Waals surface area contributed by atoms with E-state index in [9.17, 15) is 4.79 Å². The molecule has 0 unspecified atom stereocenters. The molecule has 0 aliphatic carbocycles. The van der Waals surface area contributed by atoms with E-state index in [1.807, 2.05) is 6.41 Å². The Morgan fingerprint density at radius 3 is 3.00 bits per heavy atom. The molecule has 1 amide bonds. The normalized spacial score (nSPS) is 21.1. The lowest BCUT2D eigenvalue weighted by Gasteiger charge is -2.11. The van der Waals surface area contributed by atoms with Gasteiger partial charge in [0.2, 0.25) is 0 Å². The number of hydrogen-bond donors (Lipinski definition) is 1. The maximum Gasteiger partial charge on any atom is 0.327 e. The van der Waals surface area contributed by atoms with E-state index in [0.717, 1.165) is 25.9 Å². The third kappa shape index (κ3) is 2.01. The van der Waals surface area contributed by atoms with Crippen molar-refractivity contribution in [2.24, 2.45) is 0 Å². The highest BCUT2D eigenvalue weighted by Gasteiger charge is 2.04. The van der Waals surface area contributed by atoms with Crippen LogP contribution in [0.4, 0.5) is 0 Å². The molecule has 1 saturated heterocycles. The number of carbonyl (C=O) groups excluding carboxylic acids is 1. The molecule has 0 atom stereocenters. The molecule has 0 saturated carbocycles. The molecule has 0 bridgehead atoms. The average molecular weight is 127 g/mol. The van der Waals surface area contributed by atoms with Crippen LogP contribution in [0.15, 0.2) is 0 Å². The Balaban J connectivity index is 2.26. The smallest absolute Gasteiger partial charge is 0.270 e. The van der Waals surface area contributed by atoms with Crippen molar-refractivity contribution in [1.29, 1.82) is 0 Å². The summed E-state index contributed by atoms with van der Waals surface area (Å²) < 4.78 is 0. The molecule has 1 aliphatic heterocycles. The first-order valence-corrected chi connectivity index (χ1v) is 3.32. The fourth-order valence-corrected chi connectivity index (χ4v) is 0.943. The van der Waals surface area contributed by atoms with Crippen LogP contribution in [0.3, 0.4) is 0 Å². The number of rotatable bonds is 1. The lowest BCUT2D eigenvalue weighted by atomic mass is 10.2. The first-order chi connectivity index (χ1) is 4.43. The molecule has 1 radical (unpaired) electrons. The minimum Gasteiger partial charge on any atom is -0.270 e. The molecule has 3 nitrogen and oxygen atoms in total. The summed E-state index contributed by atoms with van der Waals surface area (Å²) in [6.07, 6.45) is 5.29. The van der Waals surface area contributed by atoms with Crippen molar-refractivity contribution in [3.05, 3.63) is 0 Å². The van der Waals surface area contributed by atoms with E-state index in [4.69, 9.17) is 0 Å². The zero-order valence-corrected chi connectivity index (χ0v) is 5.39. The maximum atomic E-state index is 10.1. The van der Waals surface area contributed by atoms with Gasteiger partial charge < -0.3 is 0 Å². The van der Waals surface area contributed by atoms with Crippen molar-refractivity contribution < 1.29 is 4.79 Å². The van der Waals surface area contributed by atoms with Gasteiger partial charge in [0.25, 0.3) is 0 Å². The van der Waals surface area contributed by atoms with Crippen molar-refractivity contribution in [3.8, 4) is 0 Å². The summed E-state index contributed by atoms with van der Waals surface area (Å²) in [6.45, 7) is 1.72. The van der Waals surface area contributed by atoms with Gasteiger partial charge in [0.05, 0.1) is 0 Å². The Kier molecular flexibility index (Phi) is 2.51. The summed E-state index contributed by atoms with van der Waals surface area (Å²) in [5.74, 6) is 0. The van der Waals surface area contributed by atoms with E-state index in [2.05, 4.69) is 5.43 Å². The Morgan fingerprint density at radius 2 is 2.22 bits per heavy atom. The fourth-order valence-electron chi connectivity index (χ4n) is 0.943. The fraction of sp³-hybridized carbons (Fsp3) is 0.833. The monoisotopic (exact) mass is 127 g/mol. The van der Waals surface area contributed by atoms with Gasteiger partial charge in [0.15, 0.2) is 0 Å². The Hall–Kier alpha value is -0.570. The SMILES string of the molecule is O=[C]N1CCCCCN1. The highest BCUT2D eigenvalue weighted by molar-refractivity contribution is 5.47. The van der Waals surface area contributed by atoms with Gasteiger partial charge in [-0.3, -0.25) is 9.80 Å². The average Bonchev–Trinajstić information content (AvgIpc) is 2.13. The van der Waals surface area contributed by atoms with Crippen LogP contribution in [0.2, 0.25) is 0 Å². The number of hydrazine groups is 1. The number of nitrogens with one attached hydrogen (secondary N) is 1. The second-order valence-electron chi connectivity index (χ2n) is 2.21. The van der Waals surface area contributed by atoms with Gasteiger partial charge in [0, 0.05) is 13.1 Å². The van der Waals surface area contributed by atoms with E-state index >= 15 is 0 Å². The summed E-state index contributed by atoms with van der Waals surface area (Å²) in [7, 11) is 0. The van der Waals surface area contributed by atoms with Gasteiger partial charge in [-0.2, -0.15) is 0 Å². The summed E-state index contributed by atoms with van der Waals surface area (Å²) >= 11 is 0. The molecular formula is C6H11N2O. The van der Waals surface area contributed by atoms with E-state index < -0.39 is 0 Å². The molecule has 1 N–H and O–H groups in total. The van der Waals surface area contributed by atoms with Crippen molar-refractivity contribution in [3.63, 3.8) is 0 Å². The molecule has 1 aliphatic rings. The summed E-state index contributed by atoms with van der Waals surface area (Å²) in [5.41, 5.74) is 2.94. The lowest BCUT2D eigenvalue weighted by molar-refractivity contribution is 0.307. The molecule has 51 valence electrons. The first-order valence-electron chi connectivity index (χ1n) is 3.32. The highest BCUT2D eigenvalue weighted by atomic mass is 16.1. The van der Waals surface area contributed by atoms with Gasteiger partial charge in [-0.25, -0.2) is 5.43 Å².